The Hall–Kier alpha value is -0.670. The van der Waals surface area contributed by atoms with Crippen LogP contribution in [0.4, 0.5) is 5.69 Å². The van der Waals surface area contributed by atoms with Crippen molar-refractivity contribution < 1.29 is 13.2 Å². The van der Waals surface area contributed by atoms with Gasteiger partial charge in [0, 0.05) is 28.7 Å². The van der Waals surface area contributed by atoms with Crippen LogP contribution in [-0.2, 0) is 21.2 Å². The molecule has 4 N–H and O–H groups in total. The van der Waals surface area contributed by atoms with Crippen molar-refractivity contribution in [1.82, 2.24) is 4.72 Å². The fraction of sp³-hybridized carbons (Fsp3) is 0.462. The van der Waals surface area contributed by atoms with Crippen molar-refractivity contribution in [3.8, 4) is 0 Å². The van der Waals surface area contributed by atoms with Gasteiger partial charge >= 0.3 is 0 Å². The lowest BCUT2D eigenvalue weighted by Gasteiger charge is -2.21. The maximum absolute atomic E-state index is 12.4. The number of sulfonamides is 1. The minimum atomic E-state index is -3.70. The Morgan fingerprint density at radius 2 is 2.00 bits per heavy atom. The molecule has 0 aromatic heterocycles. The van der Waals surface area contributed by atoms with Gasteiger partial charge in [-0.05, 0) is 53.9 Å². The van der Waals surface area contributed by atoms with E-state index < -0.39 is 15.6 Å². The Morgan fingerprint density at radius 3 is 2.59 bits per heavy atom. The van der Waals surface area contributed by atoms with Gasteiger partial charge < -0.3 is 11.1 Å². The van der Waals surface area contributed by atoms with Crippen LogP contribution in [0.15, 0.2) is 21.5 Å². The van der Waals surface area contributed by atoms with Crippen LogP contribution in [0.2, 0.25) is 0 Å². The Morgan fingerprint density at radius 1 is 1.36 bits per heavy atom. The first kappa shape index (κ1) is 19.4. The molecule has 2 rings (SSSR count). The van der Waals surface area contributed by atoms with Gasteiger partial charge in [0.05, 0.1) is 4.90 Å². The molecule has 1 aromatic rings. The number of carbonyl (C=O) groups is 1. The zero-order valence-corrected chi connectivity index (χ0v) is 15.5. The van der Waals surface area contributed by atoms with Gasteiger partial charge in [-0.2, -0.15) is 0 Å². The number of halogens is 2. The Labute approximate surface area is 144 Å². The highest BCUT2D eigenvalue weighted by Crippen LogP contribution is 2.32. The average Bonchev–Trinajstić information content (AvgIpc) is 2.35. The molecule has 0 fully saturated rings. The van der Waals surface area contributed by atoms with E-state index in [1.807, 2.05) is 0 Å². The van der Waals surface area contributed by atoms with Gasteiger partial charge in [-0.15, -0.1) is 12.4 Å². The molecule has 124 valence electrons. The maximum atomic E-state index is 12.4. The topological polar surface area (TPSA) is 101 Å². The average molecular weight is 413 g/mol. The molecule has 6 nitrogen and oxygen atoms in total. The number of rotatable bonds is 4. The van der Waals surface area contributed by atoms with E-state index >= 15 is 0 Å². The zero-order chi connectivity index (χ0) is 15.8. The minimum absolute atomic E-state index is 0. The van der Waals surface area contributed by atoms with E-state index in [0.717, 1.165) is 5.56 Å². The van der Waals surface area contributed by atoms with Gasteiger partial charge in [0.1, 0.15) is 0 Å². The number of hydrogen-bond donors (Lipinski definition) is 3. The predicted octanol–water partition coefficient (Wildman–Crippen LogP) is 1.77. The molecule has 0 saturated carbocycles. The largest absolute Gasteiger partial charge is 0.326 e. The number of nitrogens with one attached hydrogen (secondary N) is 2. The molecule has 9 heteroatoms. The second-order valence-electron chi connectivity index (χ2n) is 5.80. The first-order valence-corrected chi connectivity index (χ1v) is 8.77. The molecule has 0 unspecified atom stereocenters. The summed E-state index contributed by atoms with van der Waals surface area (Å²) in [5.41, 5.74) is 6.60. The molecule has 0 aliphatic carbocycles. The molecule has 1 aliphatic heterocycles. The molecule has 0 saturated heterocycles. The number of aryl methyl sites for hydroxylation is 1. The molecule has 1 heterocycles. The summed E-state index contributed by atoms with van der Waals surface area (Å²) in [5.74, 6) is -0.107. The van der Waals surface area contributed by atoms with Gasteiger partial charge in [0.25, 0.3) is 0 Å². The molecule has 1 amide bonds. The van der Waals surface area contributed by atoms with Gasteiger partial charge in [0.2, 0.25) is 15.9 Å². The van der Waals surface area contributed by atoms with E-state index in [1.54, 1.807) is 19.9 Å². The fourth-order valence-corrected chi connectivity index (χ4v) is 4.28. The second-order valence-corrected chi connectivity index (χ2v) is 8.39. The van der Waals surface area contributed by atoms with Gasteiger partial charge in [-0.1, -0.05) is 0 Å². The molecule has 0 bridgehead atoms. The molecular formula is C13H19BrClN3O3S. The Kier molecular flexibility index (Phi) is 6.02. The van der Waals surface area contributed by atoms with E-state index in [9.17, 15) is 13.2 Å². The lowest BCUT2D eigenvalue weighted by molar-refractivity contribution is -0.116. The van der Waals surface area contributed by atoms with E-state index in [2.05, 4.69) is 26.0 Å². The van der Waals surface area contributed by atoms with Crippen molar-refractivity contribution in [1.29, 1.82) is 0 Å². The van der Waals surface area contributed by atoms with Crippen LogP contribution in [-0.4, -0.2) is 26.4 Å². The van der Waals surface area contributed by atoms with Crippen LogP contribution in [0.1, 0.15) is 25.8 Å². The summed E-state index contributed by atoms with van der Waals surface area (Å²) in [4.78, 5) is 11.5. The molecule has 0 atom stereocenters. The van der Waals surface area contributed by atoms with E-state index in [4.69, 9.17) is 5.73 Å². The quantitative estimate of drug-likeness (QED) is 0.701. The third kappa shape index (κ3) is 4.66. The normalized spacial score (nSPS) is 14.8. The maximum Gasteiger partial charge on any atom is 0.241 e. The zero-order valence-electron chi connectivity index (χ0n) is 12.3. The smallest absolute Gasteiger partial charge is 0.241 e. The minimum Gasteiger partial charge on any atom is -0.326 e. The van der Waals surface area contributed by atoms with E-state index in [-0.39, 0.29) is 29.8 Å². The van der Waals surface area contributed by atoms with Crippen molar-refractivity contribution >= 4 is 50.0 Å². The summed E-state index contributed by atoms with van der Waals surface area (Å²) in [6, 6.07) is 3.21. The van der Waals surface area contributed by atoms with E-state index in [1.165, 1.54) is 6.07 Å². The summed E-state index contributed by atoms with van der Waals surface area (Å²) in [6.07, 6.45) is 1.01. The van der Waals surface area contributed by atoms with Crippen LogP contribution in [0, 0.1) is 0 Å². The van der Waals surface area contributed by atoms with Gasteiger partial charge in [-0.3, -0.25) is 4.79 Å². The first-order valence-electron chi connectivity index (χ1n) is 6.49. The van der Waals surface area contributed by atoms with Gasteiger partial charge in [0.15, 0.2) is 0 Å². The lowest BCUT2D eigenvalue weighted by Crippen LogP contribution is -2.45. The van der Waals surface area contributed by atoms with Crippen LogP contribution >= 0.6 is 28.3 Å². The number of anilines is 1. The Balaban J connectivity index is 0.00000242. The predicted molar refractivity (Wildman–Crippen MR) is 91.8 cm³/mol. The standard InChI is InChI=1S/C13H18BrN3O3S.ClH/c1-13(2,15)7-16-21(19,20)11-6-10-8(5-9(11)14)3-4-12(18)17-10;/h5-6,16H,3-4,7,15H2,1-2H3,(H,17,18);1H. The third-order valence-corrected chi connectivity index (χ3v) is 5.42. The van der Waals surface area contributed by atoms with Crippen molar-refractivity contribution in [3.05, 3.63) is 22.2 Å². The molecule has 1 aliphatic rings. The number of nitrogens with two attached hydrogens (primary N) is 1. The molecule has 22 heavy (non-hydrogen) atoms. The van der Waals surface area contributed by atoms with Crippen LogP contribution in [0.5, 0.6) is 0 Å². The van der Waals surface area contributed by atoms with Crippen molar-refractivity contribution in [2.75, 3.05) is 11.9 Å². The summed E-state index contributed by atoms with van der Waals surface area (Å²) in [7, 11) is -3.70. The summed E-state index contributed by atoms with van der Waals surface area (Å²) < 4.78 is 27.7. The number of amides is 1. The first-order chi connectivity index (χ1) is 9.58. The van der Waals surface area contributed by atoms with Crippen molar-refractivity contribution in [3.63, 3.8) is 0 Å². The third-order valence-electron chi connectivity index (χ3n) is 3.06. The number of benzene rings is 1. The number of hydrogen-bond acceptors (Lipinski definition) is 4. The highest BCUT2D eigenvalue weighted by molar-refractivity contribution is 9.10. The second kappa shape index (κ2) is 6.84. The number of carbonyl (C=O) groups excluding carboxylic acids is 1. The molecule has 0 spiro atoms. The Bertz CT molecular complexity index is 687. The summed E-state index contributed by atoms with van der Waals surface area (Å²) in [5, 5.41) is 2.70. The van der Waals surface area contributed by atoms with Crippen molar-refractivity contribution in [2.24, 2.45) is 5.73 Å². The van der Waals surface area contributed by atoms with Gasteiger partial charge in [-0.25, -0.2) is 13.1 Å². The lowest BCUT2D eigenvalue weighted by atomic mass is 10.0. The highest BCUT2D eigenvalue weighted by atomic mass is 79.9. The number of fused-ring (bicyclic) bond motifs is 1. The van der Waals surface area contributed by atoms with Crippen LogP contribution < -0.4 is 15.8 Å². The van der Waals surface area contributed by atoms with Crippen LogP contribution in [0.3, 0.4) is 0 Å². The summed E-state index contributed by atoms with van der Waals surface area (Å²) in [6.45, 7) is 3.58. The SMILES string of the molecule is CC(C)(N)CNS(=O)(=O)c1cc2c(cc1Br)CCC(=O)N2.Cl. The highest BCUT2D eigenvalue weighted by Gasteiger charge is 2.24. The van der Waals surface area contributed by atoms with Crippen LogP contribution in [0.25, 0.3) is 0 Å². The van der Waals surface area contributed by atoms with Crippen molar-refractivity contribution in [2.45, 2.75) is 37.1 Å². The monoisotopic (exact) mass is 411 g/mol. The molecular weight excluding hydrogens is 394 g/mol. The van der Waals surface area contributed by atoms with E-state index in [0.29, 0.717) is 23.0 Å². The molecule has 1 aromatic carbocycles. The molecule has 0 radical (unpaired) electrons. The fourth-order valence-electron chi connectivity index (χ4n) is 1.94. The summed E-state index contributed by atoms with van der Waals surface area (Å²) >= 11 is 3.28.